The van der Waals surface area contributed by atoms with Crippen molar-refractivity contribution in [1.82, 2.24) is 0 Å². The lowest BCUT2D eigenvalue weighted by Crippen LogP contribution is -2.67. The predicted octanol–water partition coefficient (Wildman–Crippen LogP) is 5.82. The maximum atomic E-state index is 7.20. The Morgan fingerprint density at radius 2 is 1.34 bits per heavy atom. The lowest BCUT2D eigenvalue weighted by molar-refractivity contribution is -0.129. The zero-order valence-electron chi connectivity index (χ0n) is 24.8. The molecule has 0 aromatic heterocycles. The first kappa shape index (κ1) is 32.4. The van der Waals surface area contributed by atoms with E-state index in [4.69, 9.17) is 23.4 Å². The quantitative estimate of drug-likeness (QED) is 0.143. The minimum Gasteiger partial charge on any atom is -0.407 e. The van der Waals surface area contributed by atoms with Gasteiger partial charge in [0.15, 0.2) is 0 Å². The van der Waals surface area contributed by atoms with Crippen molar-refractivity contribution in [1.29, 1.82) is 0 Å². The van der Waals surface area contributed by atoms with Gasteiger partial charge in [-0.25, -0.2) is 0 Å². The van der Waals surface area contributed by atoms with E-state index in [2.05, 4.69) is 102 Å². The van der Waals surface area contributed by atoms with Crippen molar-refractivity contribution in [3.05, 3.63) is 73.3 Å². The third-order valence-electron chi connectivity index (χ3n) is 7.66. The first-order valence-corrected chi connectivity index (χ1v) is 15.6. The Bertz CT molecular complexity index is 875. The van der Waals surface area contributed by atoms with Gasteiger partial charge in [0.1, 0.15) is 6.79 Å². The summed E-state index contributed by atoms with van der Waals surface area (Å²) in [5.41, 5.74) is 0. The zero-order chi connectivity index (χ0) is 28.2. The Morgan fingerprint density at radius 1 is 0.816 bits per heavy atom. The van der Waals surface area contributed by atoms with Gasteiger partial charge in [-0.15, -0.1) is 6.58 Å². The van der Waals surface area contributed by atoms with Crippen LogP contribution < -0.4 is 10.4 Å². The van der Waals surface area contributed by atoms with E-state index < -0.39 is 8.32 Å². The molecule has 38 heavy (non-hydrogen) atoms. The molecule has 0 aliphatic rings. The van der Waals surface area contributed by atoms with Crippen LogP contribution in [0.3, 0.4) is 0 Å². The van der Waals surface area contributed by atoms with Gasteiger partial charge in [-0.3, -0.25) is 0 Å². The van der Waals surface area contributed by atoms with Crippen molar-refractivity contribution in [2.24, 2.45) is 11.8 Å². The fourth-order valence-corrected chi connectivity index (χ4v) is 10.1. The first-order valence-electron chi connectivity index (χ1n) is 13.7. The van der Waals surface area contributed by atoms with E-state index in [1.54, 1.807) is 21.3 Å². The van der Waals surface area contributed by atoms with Gasteiger partial charge in [-0.1, -0.05) is 101 Å². The molecule has 0 fully saturated rings. The van der Waals surface area contributed by atoms with Crippen LogP contribution in [0.2, 0.25) is 5.04 Å². The third kappa shape index (κ3) is 8.10. The molecular weight excluding hydrogens is 492 g/mol. The van der Waals surface area contributed by atoms with E-state index in [0.29, 0.717) is 13.0 Å². The molecule has 0 N–H and O–H groups in total. The fourth-order valence-electron chi connectivity index (χ4n) is 5.43. The molecule has 0 saturated heterocycles. The number of rotatable bonds is 17. The van der Waals surface area contributed by atoms with Gasteiger partial charge in [-0.05, 0) is 21.8 Å². The van der Waals surface area contributed by atoms with E-state index >= 15 is 0 Å². The van der Waals surface area contributed by atoms with Crippen LogP contribution in [0.25, 0.3) is 0 Å². The van der Waals surface area contributed by atoms with Gasteiger partial charge in [0.05, 0.1) is 18.3 Å². The molecule has 2 rings (SSSR count). The molecule has 2 aromatic carbocycles. The predicted molar refractivity (Wildman–Crippen MR) is 160 cm³/mol. The summed E-state index contributed by atoms with van der Waals surface area (Å²) in [6, 6.07) is 21.5. The van der Waals surface area contributed by atoms with Gasteiger partial charge in [-0.2, -0.15) is 0 Å². The molecule has 0 heterocycles. The van der Waals surface area contributed by atoms with Gasteiger partial charge >= 0.3 is 0 Å². The van der Waals surface area contributed by atoms with Crippen molar-refractivity contribution < 1.29 is 23.4 Å². The molecule has 0 radical (unpaired) electrons. The fraction of sp³-hybridized carbons (Fsp3) is 0.562. The summed E-state index contributed by atoms with van der Waals surface area (Å²) in [6.45, 7) is 16.0. The van der Waals surface area contributed by atoms with Crippen LogP contribution in [0.5, 0.6) is 0 Å². The van der Waals surface area contributed by atoms with Crippen molar-refractivity contribution in [2.75, 3.05) is 34.7 Å². The highest BCUT2D eigenvalue weighted by atomic mass is 28.4. The van der Waals surface area contributed by atoms with Crippen LogP contribution in [-0.2, 0) is 23.4 Å². The molecule has 0 bridgehead atoms. The minimum atomic E-state index is -2.63. The largest absolute Gasteiger partial charge is 0.407 e. The number of benzene rings is 2. The Balaban J connectivity index is 2.34. The molecule has 5 atom stereocenters. The number of hydrogen-bond acceptors (Lipinski definition) is 5. The average Bonchev–Trinajstić information content (AvgIpc) is 2.92. The minimum absolute atomic E-state index is 0.00975. The summed E-state index contributed by atoms with van der Waals surface area (Å²) in [6.07, 6.45) is 3.22. The molecule has 0 aliphatic carbocycles. The van der Waals surface area contributed by atoms with E-state index in [9.17, 15) is 0 Å². The SMILES string of the molecule is C=CC[C@H](OC)[C@@H](C)[C@H](C[C@H](OC)[C@@H](C)CO[Si](c1ccccc1)(c1ccccc1)C(C)(C)C)OCOC. The summed E-state index contributed by atoms with van der Waals surface area (Å²) < 4.78 is 30.4. The molecule has 212 valence electrons. The summed E-state index contributed by atoms with van der Waals surface area (Å²) >= 11 is 0. The summed E-state index contributed by atoms with van der Waals surface area (Å²) in [5.74, 6) is 0.276. The molecule has 2 aromatic rings. The average molecular weight is 543 g/mol. The van der Waals surface area contributed by atoms with Gasteiger partial charge in [0, 0.05) is 46.2 Å². The highest BCUT2D eigenvalue weighted by Crippen LogP contribution is 2.37. The number of methoxy groups -OCH3 is 3. The second kappa shape index (κ2) is 15.7. The molecule has 0 unspecified atom stereocenters. The summed E-state index contributed by atoms with van der Waals surface area (Å²) in [4.78, 5) is 0. The van der Waals surface area contributed by atoms with E-state index in [0.717, 1.165) is 6.42 Å². The standard InChI is InChI=1S/C32H50O5Si/c1-10-17-29(34-8)26(3)31(36-24-33-7)22-30(35-9)25(2)23-37-38(32(4,5)6,27-18-13-11-14-19-27)28-20-15-12-16-21-28/h10-16,18-21,25-26,29-31H,1,17,22-24H2,2-9H3/t25-,26+,29-,30-,31-/m0/s1. The van der Waals surface area contributed by atoms with Crippen molar-refractivity contribution >= 4 is 18.7 Å². The molecule has 0 aliphatic heterocycles. The number of hydrogen-bond donors (Lipinski definition) is 0. The van der Waals surface area contributed by atoms with Crippen LogP contribution >= 0.6 is 0 Å². The maximum Gasteiger partial charge on any atom is 0.261 e. The molecule has 0 spiro atoms. The molecule has 0 amide bonds. The summed E-state index contributed by atoms with van der Waals surface area (Å²) in [5, 5.41) is 2.48. The molecule has 0 saturated carbocycles. The van der Waals surface area contributed by atoms with Crippen LogP contribution in [0.4, 0.5) is 0 Å². The molecule has 6 heteroatoms. The lowest BCUT2D eigenvalue weighted by Gasteiger charge is -2.44. The second-order valence-electron chi connectivity index (χ2n) is 11.2. The summed E-state index contributed by atoms with van der Waals surface area (Å²) in [7, 11) is 2.54. The van der Waals surface area contributed by atoms with Crippen LogP contribution in [0, 0.1) is 11.8 Å². The lowest BCUT2D eigenvalue weighted by atomic mass is 9.89. The van der Waals surface area contributed by atoms with E-state index in [1.807, 2.05) is 6.08 Å². The Morgan fingerprint density at radius 3 is 1.76 bits per heavy atom. The monoisotopic (exact) mass is 542 g/mol. The highest BCUT2D eigenvalue weighted by molar-refractivity contribution is 6.99. The van der Waals surface area contributed by atoms with Crippen LogP contribution in [0.1, 0.15) is 47.5 Å². The normalized spacial score (nSPS) is 16.4. The Hall–Kier alpha value is -1.80. The first-order chi connectivity index (χ1) is 18.2. The van der Waals surface area contributed by atoms with Crippen molar-refractivity contribution in [3.8, 4) is 0 Å². The van der Waals surface area contributed by atoms with E-state index in [1.165, 1.54) is 10.4 Å². The van der Waals surface area contributed by atoms with Crippen molar-refractivity contribution in [3.63, 3.8) is 0 Å². The molecule has 5 nitrogen and oxygen atoms in total. The third-order valence-corrected chi connectivity index (χ3v) is 12.7. The van der Waals surface area contributed by atoms with Gasteiger partial charge in [0.25, 0.3) is 8.32 Å². The highest BCUT2D eigenvalue weighted by Gasteiger charge is 2.50. The zero-order valence-corrected chi connectivity index (χ0v) is 25.8. The smallest absolute Gasteiger partial charge is 0.261 e. The maximum absolute atomic E-state index is 7.20. The Kier molecular flexibility index (Phi) is 13.4. The van der Waals surface area contributed by atoms with Crippen LogP contribution in [-0.4, -0.2) is 61.4 Å². The number of ether oxygens (including phenoxy) is 4. The molecular formula is C32H50O5Si. The second-order valence-corrected chi connectivity index (χ2v) is 15.5. The van der Waals surface area contributed by atoms with Gasteiger partial charge in [0.2, 0.25) is 0 Å². The van der Waals surface area contributed by atoms with E-state index in [-0.39, 0.29) is 42.0 Å². The van der Waals surface area contributed by atoms with Gasteiger partial charge < -0.3 is 23.4 Å². The van der Waals surface area contributed by atoms with Crippen molar-refractivity contribution in [2.45, 2.75) is 70.8 Å². The Labute approximate surface area is 232 Å². The van der Waals surface area contributed by atoms with Crippen LogP contribution in [0.15, 0.2) is 73.3 Å². The topological polar surface area (TPSA) is 46.2 Å².